The minimum absolute atomic E-state index is 0.178. The predicted octanol–water partition coefficient (Wildman–Crippen LogP) is 3.08. The van der Waals surface area contributed by atoms with Crippen LogP contribution < -0.4 is 11.0 Å². The average Bonchev–Trinajstić information content (AvgIpc) is 2.91. The summed E-state index contributed by atoms with van der Waals surface area (Å²) in [4.78, 5) is 13.5. The lowest BCUT2D eigenvalue weighted by atomic mass is 10.1. The largest absolute Gasteiger partial charge is 0.427 e. The van der Waals surface area contributed by atoms with Crippen LogP contribution in [-0.2, 0) is 4.84 Å². The molecule has 1 aliphatic rings. The van der Waals surface area contributed by atoms with Crippen LogP contribution in [-0.4, -0.2) is 38.3 Å². The van der Waals surface area contributed by atoms with Gasteiger partial charge in [-0.1, -0.05) is 33.8 Å². The van der Waals surface area contributed by atoms with E-state index in [0.29, 0.717) is 22.3 Å². The van der Waals surface area contributed by atoms with Crippen molar-refractivity contribution in [3.05, 3.63) is 29.7 Å². The smallest absolute Gasteiger partial charge is 0.178 e. The van der Waals surface area contributed by atoms with E-state index in [1.54, 1.807) is 25.3 Å². The maximum atomic E-state index is 9.86. The summed E-state index contributed by atoms with van der Waals surface area (Å²) in [5.41, 5.74) is 6.72. The zero-order valence-corrected chi connectivity index (χ0v) is 14.6. The highest BCUT2D eigenvalue weighted by molar-refractivity contribution is 5.95. The number of aromatic nitrogens is 3. The van der Waals surface area contributed by atoms with E-state index >= 15 is 0 Å². The summed E-state index contributed by atoms with van der Waals surface area (Å²) in [6.07, 6.45) is 8.16. The first-order valence-corrected chi connectivity index (χ1v) is 7.93. The first-order chi connectivity index (χ1) is 11.7. The van der Waals surface area contributed by atoms with E-state index < -0.39 is 0 Å². The average molecular weight is 335 g/mol. The number of rotatable bonds is 3. The van der Waals surface area contributed by atoms with Crippen molar-refractivity contribution in [2.75, 3.05) is 12.5 Å². The summed E-state index contributed by atoms with van der Waals surface area (Å²) < 4.78 is 0.897. The van der Waals surface area contributed by atoms with Crippen molar-refractivity contribution in [1.82, 2.24) is 20.2 Å². The lowest BCUT2D eigenvalue weighted by Crippen LogP contribution is -2.16. The number of hydrogen-bond acceptors (Lipinski definition) is 7. The normalized spacial score (nSPS) is 14.8. The highest BCUT2D eigenvalue weighted by Gasteiger charge is 2.18. The summed E-state index contributed by atoms with van der Waals surface area (Å²) in [5, 5.41) is 19.0. The molecule has 0 fully saturated rings. The number of hydrogen-bond donors (Lipinski definition) is 4. The molecule has 132 valence electrons. The highest BCUT2D eigenvalue weighted by Crippen LogP contribution is 2.29. The molecule has 2 heterocycles. The third kappa shape index (κ3) is 3.91. The Kier molecular flexibility index (Phi) is 7.90. The molecule has 0 aliphatic heterocycles. The molecule has 0 saturated heterocycles. The Labute approximate surface area is 141 Å². The van der Waals surface area contributed by atoms with Crippen molar-refractivity contribution in [3.8, 4) is 0 Å². The molecule has 0 saturated carbocycles. The second-order valence-corrected chi connectivity index (χ2v) is 4.16. The molecule has 3 rings (SSSR count). The maximum absolute atomic E-state index is 9.86. The molecule has 2 aromatic heterocycles. The molecule has 0 aromatic carbocycles. The molecule has 0 amide bonds. The van der Waals surface area contributed by atoms with Crippen LogP contribution in [0.1, 0.15) is 39.0 Å². The van der Waals surface area contributed by atoms with Gasteiger partial charge < -0.3 is 5.21 Å². The van der Waals surface area contributed by atoms with Gasteiger partial charge in [0.1, 0.15) is 23.5 Å². The maximum Gasteiger partial charge on any atom is 0.178 e. The van der Waals surface area contributed by atoms with Gasteiger partial charge >= 0.3 is 0 Å². The van der Waals surface area contributed by atoms with Crippen LogP contribution in [0.5, 0.6) is 0 Å². The van der Waals surface area contributed by atoms with Crippen LogP contribution in [0.2, 0.25) is 0 Å². The number of nitrogens with one attached hydrogen (secondary N) is 2. The molecule has 0 radical (unpaired) electrons. The van der Waals surface area contributed by atoms with Crippen LogP contribution in [0, 0.1) is 0 Å². The second kappa shape index (κ2) is 9.66. The van der Waals surface area contributed by atoms with Gasteiger partial charge in [0.2, 0.25) is 0 Å². The van der Waals surface area contributed by atoms with Crippen molar-refractivity contribution in [2.24, 2.45) is 0 Å². The van der Waals surface area contributed by atoms with E-state index in [2.05, 4.69) is 15.4 Å². The minimum atomic E-state index is -0.259. The van der Waals surface area contributed by atoms with Crippen molar-refractivity contribution < 1.29 is 15.3 Å². The Hall–Kier alpha value is -2.42. The van der Waals surface area contributed by atoms with E-state index in [4.69, 9.17) is 10.0 Å². The van der Waals surface area contributed by atoms with Crippen LogP contribution in [0.4, 0.5) is 5.82 Å². The van der Waals surface area contributed by atoms with Crippen molar-refractivity contribution in [3.63, 3.8) is 0 Å². The number of imidazole rings is 1. The van der Waals surface area contributed by atoms with E-state index in [1.807, 2.05) is 39.3 Å². The second-order valence-electron chi connectivity index (χ2n) is 4.16. The van der Waals surface area contributed by atoms with Gasteiger partial charge in [-0.15, -0.1) is 0 Å². The molecule has 8 nitrogen and oxygen atoms in total. The van der Waals surface area contributed by atoms with Gasteiger partial charge in [0.25, 0.3) is 0 Å². The quantitative estimate of drug-likeness (QED) is 0.504. The Morgan fingerprint density at radius 1 is 1.17 bits per heavy atom. The number of hydroxylamine groups is 1. The summed E-state index contributed by atoms with van der Waals surface area (Å²) in [5.74, 6) is 0.178. The van der Waals surface area contributed by atoms with Gasteiger partial charge in [0, 0.05) is 12.6 Å². The lowest BCUT2D eigenvalue weighted by molar-refractivity contribution is 0.0411. The molecule has 1 unspecified atom stereocenters. The molecule has 0 spiro atoms. The first kappa shape index (κ1) is 19.6. The lowest BCUT2D eigenvalue weighted by Gasteiger charge is -2.06. The van der Waals surface area contributed by atoms with E-state index in [9.17, 15) is 5.21 Å². The number of anilines is 1. The van der Waals surface area contributed by atoms with E-state index in [0.717, 1.165) is 4.73 Å². The Morgan fingerprint density at radius 2 is 1.83 bits per heavy atom. The summed E-state index contributed by atoms with van der Waals surface area (Å²) >= 11 is 0. The van der Waals surface area contributed by atoms with Gasteiger partial charge in [0.05, 0.1) is 5.69 Å². The summed E-state index contributed by atoms with van der Waals surface area (Å²) in [6.45, 7) is 8.00. The number of fused-ring (bicyclic) bond motifs is 3. The Balaban J connectivity index is 0.000000671. The van der Waals surface area contributed by atoms with Crippen LogP contribution >= 0.6 is 0 Å². The van der Waals surface area contributed by atoms with Gasteiger partial charge in [0.15, 0.2) is 5.82 Å². The topological polar surface area (TPSA) is 104 Å². The van der Waals surface area contributed by atoms with Crippen LogP contribution in [0.15, 0.2) is 18.5 Å². The van der Waals surface area contributed by atoms with Gasteiger partial charge in [-0.2, -0.15) is 4.73 Å². The number of nitrogens with zero attached hydrogens (tertiary/aromatic N) is 3. The fourth-order valence-electron chi connectivity index (χ4n) is 2.14. The fraction of sp³-hybridized carbons (Fsp3) is 0.375. The molecule has 8 heteroatoms. The zero-order chi connectivity index (χ0) is 18.1. The monoisotopic (exact) mass is 335 g/mol. The standard InChI is InChI=1S/C12H13N5O3.2C2H6/c1-13-20-7-2-4-8-9(5-3-7)15-12(16-18)10-11(8)17(19)6-14-10;2*1-2/h2-7,13,18-19H,1H3,(H,15,16);2*1-2H3. The molecular formula is C16H25N5O3. The number of pyridine rings is 1. The molecule has 4 N–H and O–H groups in total. The Morgan fingerprint density at radius 3 is 2.46 bits per heavy atom. The van der Waals surface area contributed by atoms with Gasteiger partial charge in [-0.3, -0.25) is 15.5 Å². The SMILES string of the molecule is CC.CC.CNOC1C=Cc2nc(NO)c3ncn(O)c3c2C=C1. The van der Waals surface area contributed by atoms with Crippen molar-refractivity contribution in [1.29, 1.82) is 0 Å². The molecule has 1 aliphatic carbocycles. The van der Waals surface area contributed by atoms with Crippen LogP contribution in [0.25, 0.3) is 23.2 Å². The summed E-state index contributed by atoms with van der Waals surface area (Å²) in [7, 11) is 1.67. The summed E-state index contributed by atoms with van der Waals surface area (Å²) in [6, 6.07) is 0. The molecule has 2 aromatic rings. The van der Waals surface area contributed by atoms with Crippen molar-refractivity contribution >= 4 is 29.0 Å². The Bertz CT molecular complexity index is 709. The first-order valence-electron chi connectivity index (χ1n) is 7.93. The highest BCUT2D eigenvalue weighted by atomic mass is 16.7. The van der Waals surface area contributed by atoms with E-state index in [-0.39, 0.29) is 11.9 Å². The zero-order valence-electron chi connectivity index (χ0n) is 14.6. The van der Waals surface area contributed by atoms with Crippen LogP contribution in [0.3, 0.4) is 0 Å². The molecule has 1 atom stereocenters. The third-order valence-electron chi connectivity index (χ3n) is 2.99. The van der Waals surface area contributed by atoms with E-state index in [1.165, 1.54) is 6.33 Å². The predicted molar refractivity (Wildman–Crippen MR) is 94.8 cm³/mol. The molecular weight excluding hydrogens is 310 g/mol. The third-order valence-corrected chi connectivity index (χ3v) is 2.99. The minimum Gasteiger partial charge on any atom is -0.427 e. The fourth-order valence-corrected chi connectivity index (χ4v) is 2.14. The van der Waals surface area contributed by atoms with Crippen molar-refractivity contribution in [2.45, 2.75) is 33.8 Å². The van der Waals surface area contributed by atoms with Gasteiger partial charge in [-0.05, 0) is 18.2 Å². The molecule has 24 heavy (non-hydrogen) atoms. The molecule has 0 bridgehead atoms. The van der Waals surface area contributed by atoms with Gasteiger partial charge in [-0.25, -0.2) is 15.4 Å².